The summed E-state index contributed by atoms with van der Waals surface area (Å²) in [6.45, 7) is 2.29. The Morgan fingerprint density at radius 1 is 1.53 bits per heavy atom. The number of hydrogen-bond acceptors (Lipinski definition) is 3. The Morgan fingerprint density at radius 3 is 2.80 bits per heavy atom. The standard InChI is InChI=1S/C9H13F3N2S/c1-7(8-5-13-6-15-8)14-4-2-3-9(10,11)12/h5-7,14H,2-4H2,1H3. The molecule has 15 heavy (non-hydrogen) atoms. The predicted molar refractivity (Wildman–Crippen MR) is 53.8 cm³/mol. The largest absolute Gasteiger partial charge is 0.389 e. The van der Waals surface area contributed by atoms with Crippen molar-refractivity contribution in [2.24, 2.45) is 0 Å². The smallest absolute Gasteiger partial charge is 0.309 e. The van der Waals surface area contributed by atoms with Crippen LogP contribution >= 0.6 is 11.3 Å². The van der Waals surface area contributed by atoms with Crippen LogP contribution in [0.4, 0.5) is 13.2 Å². The highest BCUT2D eigenvalue weighted by Crippen LogP contribution is 2.21. The summed E-state index contributed by atoms with van der Waals surface area (Å²) in [5.74, 6) is 0. The second kappa shape index (κ2) is 5.46. The van der Waals surface area contributed by atoms with E-state index >= 15 is 0 Å². The van der Waals surface area contributed by atoms with Gasteiger partial charge in [0.1, 0.15) is 0 Å². The van der Waals surface area contributed by atoms with Crippen LogP contribution in [0, 0.1) is 0 Å². The van der Waals surface area contributed by atoms with Crippen molar-refractivity contribution >= 4 is 11.3 Å². The summed E-state index contributed by atoms with van der Waals surface area (Å²) in [4.78, 5) is 4.95. The molecule has 0 fully saturated rings. The number of hydrogen-bond donors (Lipinski definition) is 1. The Balaban J connectivity index is 2.16. The van der Waals surface area contributed by atoms with E-state index in [1.807, 2.05) is 6.92 Å². The zero-order valence-corrected chi connectivity index (χ0v) is 9.16. The van der Waals surface area contributed by atoms with Gasteiger partial charge in [-0.2, -0.15) is 13.2 Å². The average molecular weight is 238 g/mol. The number of halogens is 3. The molecule has 0 spiro atoms. The Hall–Kier alpha value is -0.620. The molecule has 1 N–H and O–H groups in total. The molecule has 86 valence electrons. The first-order chi connectivity index (χ1) is 6.99. The monoisotopic (exact) mass is 238 g/mol. The third kappa shape index (κ3) is 5.13. The van der Waals surface area contributed by atoms with E-state index in [9.17, 15) is 13.2 Å². The van der Waals surface area contributed by atoms with Crippen LogP contribution < -0.4 is 5.32 Å². The molecule has 6 heteroatoms. The molecule has 0 bridgehead atoms. The van der Waals surface area contributed by atoms with Crippen LogP contribution in [0.5, 0.6) is 0 Å². The molecule has 2 nitrogen and oxygen atoms in total. The molecule has 0 amide bonds. The van der Waals surface area contributed by atoms with Crippen LogP contribution in [0.3, 0.4) is 0 Å². The van der Waals surface area contributed by atoms with Crippen molar-refractivity contribution in [3.8, 4) is 0 Å². The van der Waals surface area contributed by atoms with Gasteiger partial charge in [0.2, 0.25) is 0 Å². The van der Waals surface area contributed by atoms with Crippen molar-refractivity contribution in [2.45, 2.75) is 32.0 Å². The van der Waals surface area contributed by atoms with E-state index in [4.69, 9.17) is 0 Å². The number of aromatic nitrogens is 1. The predicted octanol–water partition coefficient (Wildman–Crippen LogP) is 3.14. The van der Waals surface area contributed by atoms with E-state index in [1.165, 1.54) is 11.3 Å². The van der Waals surface area contributed by atoms with Crippen LogP contribution in [-0.2, 0) is 0 Å². The van der Waals surface area contributed by atoms with E-state index in [-0.39, 0.29) is 12.5 Å². The van der Waals surface area contributed by atoms with Gasteiger partial charge in [0.15, 0.2) is 0 Å². The molecule has 1 rings (SSSR count). The Morgan fingerprint density at radius 2 is 2.27 bits per heavy atom. The van der Waals surface area contributed by atoms with Gasteiger partial charge >= 0.3 is 6.18 Å². The van der Waals surface area contributed by atoms with Gasteiger partial charge in [-0.1, -0.05) is 0 Å². The highest BCUT2D eigenvalue weighted by atomic mass is 32.1. The maximum atomic E-state index is 11.8. The lowest BCUT2D eigenvalue weighted by atomic mass is 10.2. The van der Waals surface area contributed by atoms with Gasteiger partial charge in [-0.05, 0) is 19.9 Å². The van der Waals surface area contributed by atoms with Gasteiger partial charge in [-0.15, -0.1) is 11.3 Å². The fourth-order valence-electron chi connectivity index (χ4n) is 1.15. The van der Waals surface area contributed by atoms with Gasteiger partial charge < -0.3 is 5.32 Å². The second-order valence-corrected chi connectivity index (χ2v) is 4.22. The van der Waals surface area contributed by atoms with Crippen LogP contribution in [0.1, 0.15) is 30.7 Å². The molecule has 1 aromatic rings. The Bertz CT molecular complexity index is 271. The zero-order chi connectivity index (χ0) is 11.3. The summed E-state index contributed by atoms with van der Waals surface area (Å²) in [6.07, 6.45) is -2.93. The summed E-state index contributed by atoms with van der Waals surface area (Å²) in [5.41, 5.74) is 1.71. The van der Waals surface area contributed by atoms with Gasteiger partial charge in [-0.3, -0.25) is 4.98 Å². The summed E-state index contributed by atoms with van der Waals surface area (Å²) >= 11 is 1.50. The molecule has 0 radical (unpaired) electrons. The molecule has 0 saturated carbocycles. The van der Waals surface area contributed by atoms with Crippen LogP contribution in [0.15, 0.2) is 11.7 Å². The van der Waals surface area contributed by atoms with Crippen molar-refractivity contribution in [1.82, 2.24) is 10.3 Å². The third-order valence-corrected chi connectivity index (χ3v) is 2.92. The lowest BCUT2D eigenvalue weighted by molar-refractivity contribution is -0.135. The van der Waals surface area contributed by atoms with Crippen molar-refractivity contribution in [2.75, 3.05) is 6.54 Å². The molecule has 1 atom stereocenters. The molecule has 1 unspecified atom stereocenters. The number of nitrogens with one attached hydrogen (secondary N) is 1. The number of alkyl halides is 3. The Labute approximate surface area is 90.5 Å². The zero-order valence-electron chi connectivity index (χ0n) is 8.34. The lowest BCUT2D eigenvalue weighted by Gasteiger charge is -2.12. The fraction of sp³-hybridized carbons (Fsp3) is 0.667. The minimum absolute atomic E-state index is 0.0748. The van der Waals surface area contributed by atoms with Crippen LogP contribution in [0.2, 0.25) is 0 Å². The lowest BCUT2D eigenvalue weighted by Crippen LogP contribution is -2.20. The summed E-state index contributed by atoms with van der Waals surface area (Å²) in [5, 5.41) is 3.03. The molecule has 0 aliphatic rings. The number of thiazole rings is 1. The summed E-state index contributed by atoms with van der Waals surface area (Å²) in [7, 11) is 0. The van der Waals surface area contributed by atoms with Gasteiger partial charge in [0.05, 0.1) is 5.51 Å². The molecule has 1 aromatic heterocycles. The van der Waals surface area contributed by atoms with Gasteiger partial charge in [0, 0.05) is 23.5 Å². The van der Waals surface area contributed by atoms with Gasteiger partial charge in [-0.25, -0.2) is 0 Å². The first-order valence-corrected chi connectivity index (χ1v) is 5.55. The average Bonchev–Trinajstić information content (AvgIpc) is 2.63. The first kappa shape index (κ1) is 12.4. The van der Waals surface area contributed by atoms with E-state index in [2.05, 4.69) is 10.3 Å². The van der Waals surface area contributed by atoms with E-state index < -0.39 is 12.6 Å². The molecular formula is C9H13F3N2S. The normalized spacial score (nSPS) is 14.1. The van der Waals surface area contributed by atoms with Crippen molar-refractivity contribution < 1.29 is 13.2 Å². The summed E-state index contributed by atoms with van der Waals surface area (Å²) in [6, 6.07) is 0.0748. The van der Waals surface area contributed by atoms with E-state index in [0.717, 1.165) is 4.88 Å². The van der Waals surface area contributed by atoms with Crippen LogP contribution in [0.25, 0.3) is 0 Å². The van der Waals surface area contributed by atoms with Crippen LogP contribution in [-0.4, -0.2) is 17.7 Å². The molecule has 0 aliphatic heterocycles. The highest BCUT2D eigenvalue weighted by Gasteiger charge is 2.25. The maximum Gasteiger partial charge on any atom is 0.389 e. The van der Waals surface area contributed by atoms with Crippen molar-refractivity contribution in [3.63, 3.8) is 0 Å². The minimum Gasteiger partial charge on any atom is -0.309 e. The second-order valence-electron chi connectivity index (χ2n) is 3.30. The molecule has 0 saturated heterocycles. The number of rotatable bonds is 5. The highest BCUT2D eigenvalue weighted by molar-refractivity contribution is 7.09. The van der Waals surface area contributed by atoms with E-state index in [1.54, 1.807) is 11.7 Å². The molecule has 0 aromatic carbocycles. The first-order valence-electron chi connectivity index (χ1n) is 4.67. The topological polar surface area (TPSA) is 24.9 Å². The fourth-order valence-corrected chi connectivity index (χ4v) is 1.80. The SMILES string of the molecule is CC(NCCCC(F)(F)F)c1cncs1. The molecule has 1 heterocycles. The number of nitrogens with zero attached hydrogens (tertiary/aromatic N) is 1. The quantitative estimate of drug-likeness (QED) is 0.797. The summed E-state index contributed by atoms with van der Waals surface area (Å²) < 4.78 is 35.5. The molecular weight excluding hydrogens is 225 g/mol. The minimum atomic E-state index is -4.05. The van der Waals surface area contributed by atoms with E-state index in [0.29, 0.717) is 6.54 Å². The third-order valence-electron chi connectivity index (χ3n) is 1.97. The maximum absolute atomic E-state index is 11.8. The molecule has 0 aliphatic carbocycles. The van der Waals surface area contributed by atoms with Gasteiger partial charge in [0.25, 0.3) is 0 Å². The van der Waals surface area contributed by atoms with Crippen molar-refractivity contribution in [3.05, 3.63) is 16.6 Å². The van der Waals surface area contributed by atoms with Crippen molar-refractivity contribution in [1.29, 1.82) is 0 Å². The Kier molecular flexibility index (Phi) is 4.53.